The van der Waals surface area contributed by atoms with Gasteiger partial charge >= 0.3 is 0 Å². The normalized spacial score (nSPS) is 12.4. The Balaban J connectivity index is 1.68. The minimum absolute atomic E-state index is 0.365. The zero-order valence-electron chi connectivity index (χ0n) is 15.5. The molecule has 0 aliphatic heterocycles. The van der Waals surface area contributed by atoms with Crippen molar-refractivity contribution in [3.05, 3.63) is 47.3 Å². The summed E-state index contributed by atoms with van der Waals surface area (Å²) >= 11 is 0. The van der Waals surface area contributed by atoms with Crippen LogP contribution in [-0.4, -0.2) is 34.8 Å². The van der Waals surface area contributed by atoms with Gasteiger partial charge < -0.3 is 14.2 Å². The summed E-state index contributed by atoms with van der Waals surface area (Å²) in [6.45, 7) is 9.87. The van der Waals surface area contributed by atoms with Gasteiger partial charge in [0.1, 0.15) is 5.69 Å². The Morgan fingerprint density at radius 3 is 2.20 bits per heavy atom. The third kappa shape index (κ3) is 6.94. The quantitative estimate of drug-likeness (QED) is 0.550. The fraction of sp³-hybridized carbons (Fsp3) is 0.579. The topological polar surface area (TPSA) is 58.4 Å². The van der Waals surface area contributed by atoms with Gasteiger partial charge in [-0.3, -0.25) is 0 Å². The number of hydrogen-bond donors (Lipinski definition) is 0. The molecule has 6 nitrogen and oxygen atoms in total. The van der Waals surface area contributed by atoms with Crippen molar-refractivity contribution in [1.82, 2.24) is 15.0 Å². The predicted octanol–water partition coefficient (Wildman–Crippen LogP) is 3.52. The van der Waals surface area contributed by atoms with Crippen LogP contribution in [0.1, 0.15) is 50.1 Å². The van der Waals surface area contributed by atoms with E-state index in [9.17, 15) is 0 Å². The van der Waals surface area contributed by atoms with Crippen molar-refractivity contribution in [1.29, 1.82) is 0 Å². The third-order valence-electron chi connectivity index (χ3n) is 3.99. The van der Waals surface area contributed by atoms with Crippen molar-refractivity contribution >= 4 is 0 Å². The molecule has 0 amide bonds. The maximum absolute atomic E-state index is 5.73. The summed E-state index contributed by atoms with van der Waals surface area (Å²) in [4.78, 5) is 0. The van der Waals surface area contributed by atoms with E-state index in [4.69, 9.17) is 14.2 Å². The summed E-state index contributed by atoms with van der Waals surface area (Å²) in [5, 5.41) is 8.28. The van der Waals surface area contributed by atoms with Crippen molar-refractivity contribution in [2.75, 3.05) is 19.8 Å². The van der Waals surface area contributed by atoms with Crippen molar-refractivity contribution in [2.45, 2.75) is 53.1 Å². The van der Waals surface area contributed by atoms with Crippen LogP contribution in [0.3, 0.4) is 0 Å². The summed E-state index contributed by atoms with van der Waals surface area (Å²) in [5.41, 5.74) is 3.14. The number of ether oxygens (including phenoxy) is 3. The molecule has 1 atom stereocenters. The molecule has 2 rings (SSSR count). The van der Waals surface area contributed by atoms with E-state index in [1.54, 1.807) is 0 Å². The molecule has 0 N–H and O–H groups in total. The molecule has 0 radical (unpaired) electrons. The Bertz CT molecular complexity index is 598. The molecule has 1 aromatic carbocycles. The van der Waals surface area contributed by atoms with Gasteiger partial charge in [0.25, 0.3) is 0 Å². The molecule has 2 aromatic rings. The van der Waals surface area contributed by atoms with Crippen LogP contribution in [0, 0.1) is 0 Å². The summed E-state index contributed by atoms with van der Waals surface area (Å²) in [5.74, 6) is 0. The van der Waals surface area contributed by atoms with E-state index < -0.39 is 0 Å². The Morgan fingerprint density at radius 1 is 0.920 bits per heavy atom. The lowest BCUT2D eigenvalue weighted by Crippen LogP contribution is -2.04. The van der Waals surface area contributed by atoms with Gasteiger partial charge in [0.2, 0.25) is 0 Å². The molecule has 6 heteroatoms. The van der Waals surface area contributed by atoms with Crippen LogP contribution in [-0.2, 0) is 34.0 Å². The first-order valence-electron chi connectivity index (χ1n) is 8.94. The highest BCUT2D eigenvalue weighted by Crippen LogP contribution is 2.10. The van der Waals surface area contributed by atoms with E-state index >= 15 is 0 Å². The standard InChI is InChI=1S/C19H29N3O3/c1-4-16(3)22-12-19(20-21-22)15-25-14-18-8-6-17(7-9-18)13-24-11-10-23-5-2/h6-9,12,16H,4-5,10-11,13-15H2,1-3H3. The van der Waals surface area contributed by atoms with Gasteiger partial charge in [-0.15, -0.1) is 5.10 Å². The molecule has 0 aliphatic rings. The average molecular weight is 347 g/mol. The Hall–Kier alpha value is -1.76. The van der Waals surface area contributed by atoms with E-state index in [-0.39, 0.29) is 0 Å². The highest BCUT2D eigenvalue weighted by Gasteiger charge is 2.06. The molecule has 0 fully saturated rings. The SMILES string of the molecule is CCOCCOCc1ccc(COCc2cn(C(C)CC)nn2)cc1. The maximum Gasteiger partial charge on any atom is 0.108 e. The minimum Gasteiger partial charge on any atom is -0.379 e. The molecule has 1 unspecified atom stereocenters. The van der Waals surface area contributed by atoms with Crippen molar-refractivity contribution < 1.29 is 14.2 Å². The van der Waals surface area contributed by atoms with Crippen LogP contribution in [0.25, 0.3) is 0 Å². The molecule has 0 spiro atoms. The Morgan fingerprint density at radius 2 is 1.56 bits per heavy atom. The number of nitrogens with zero attached hydrogens (tertiary/aromatic N) is 3. The van der Waals surface area contributed by atoms with Gasteiger partial charge in [0.15, 0.2) is 0 Å². The van der Waals surface area contributed by atoms with E-state index in [0.717, 1.165) is 29.8 Å². The zero-order chi connectivity index (χ0) is 17.9. The molecule has 25 heavy (non-hydrogen) atoms. The van der Waals surface area contributed by atoms with Crippen LogP contribution in [0.2, 0.25) is 0 Å². The van der Waals surface area contributed by atoms with Crippen molar-refractivity contribution in [3.8, 4) is 0 Å². The number of hydrogen-bond acceptors (Lipinski definition) is 5. The van der Waals surface area contributed by atoms with Gasteiger partial charge in [-0.05, 0) is 31.4 Å². The van der Waals surface area contributed by atoms with Crippen LogP contribution in [0.5, 0.6) is 0 Å². The fourth-order valence-electron chi connectivity index (χ4n) is 2.24. The van der Waals surface area contributed by atoms with Gasteiger partial charge in [0, 0.05) is 6.61 Å². The largest absolute Gasteiger partial charge is 0.379 e. The number of rotatable bonds is 12. The summed E-state index contributed by atoms with van der Waals surface area (Å²) in [6, 6.07) is 8.63. The average Bonchev–Trinajstić information content (AvgIpc) is 3.11. The lowest BCUT2D eigenvalue weighted by atomic mass is 10.1. The van der Waals surface area contributed by atoms with Crippen LogP contribution < -0.4 is 0 Å². The Labute approximate surface area is 150 Å². The lowest BCUT2D eigenvalue weighted by Gasteiger charge is -2.07. The highest BCUT2D eigenvalue weighted by molar-refractivity contribution is 5.21. The van der Waals surface area contributed by atoms with E-state index in [1.807, 2.05) is 17.8 Å². The Kier molecular flexibility index (Phi) is 8.59. The monoisotopic (exact) mass is 347 g/mol. The van der Waals surface area contributed by atoms with Crippen LogP contribution in [0.4, 0.5) is 0 Å². The first-order valence-corrected chi connectivity index (χ1v) is 8.94. The van der Waals surface area contributed by atoms with E-state index in [2.05, 4.69) is 48.4 Å². The summed E-state index contributed by atoms with van der Waals surface area (Å²) in [6.07, 6.45) is 2.99. The molecule has 0 bridgehead atoms. The molecular weight excluding hydrogens is 318 g/mol. The molecular formula is C19H29N3O3. The number of aromatic nitrogens is 3. The first-order chi connectivity index (χ1) is 12.2. The second-order valence-corrected chi connectivity index (χ2v) is 6.01. The second-order valence-electron chi connectivity index (χ2n) is 6.01. The third-order valence-corrected chi connectivity index (χ3v) is 3.99. The second kappa shape index (κ2) is 11.0. The molecule has 0 saturated heterocycles. The van der Waals surface area contributed by atoms with Crippen LogP contribution in [0.15, 0.2) is 30.5 Å². The molecule has 0 aliphatic carbocycles. The van der Waals surface area contributed by atoms with E-state index in [1.165, 1.54) is 0 Å². The highest BCUT2D eigenvalue weighted by atomic mass is 16.5. The van der Waals surface area contributed by atoms with Gasteiger partial charge in [-0.25, -0.2) is 4.68 Å². The van der Waals surface area contributed by atoms with Crippen molar-refractivity contribution in [2.24, 2.45) is 0 Å². The van der Waals surface area contributed by atoms with Gasteiger partial charge in [0.05, 0.1) is 45.3 Å². The smallest absolute Gasteiger partial charge is 0.108 e. The van der Waals surface area contributed by atoms with E-state index in [0.29, 0.717) is 39.1 Å². The predicted molar refractivity (Wildman–Crippen MR) is 96.1 cm³/mol. The molecule has 1 heterocycles. The lowest BCUT2D eigenvalue weighted by molar-refractivity contribution is 0.0452. The maximum atomic E-state index is 5.73. The molecule has 0 saturated carbocycles. The summed E-state index contributed by atoms with van der Waals surface area (Å²) < 4.78 is 18.4. The van der Waals surface area contributed by atoms with Crippen molar-refractivity contribution in [3.63, 3.8) is 0 Å². The van der Waals surface area contributed by atoms with Crippen LogP contribution >= 0.6 is 0 Å². The zero-order valence-corrected chi connectivity index (χ0v) is 15.5. The molecule has 1 aromatic heterocycles. The minimum atomic E-state index is 0.365. The fourth-order valence-corrected chi connectivity index (χ4v) is 2.24. The summed E-state index contributed by atoms with van der Waals surface area (Å²) in [7, 11) is 0. The number of benzene rings is 1. The molecule has 138 valence electrons. The first kappa shape index (κ1) is 19.6. The van der Waals surface area contributed by atoms with Gasteiger partial charge in [-0.1, -0.05) is 36.4 Å². The van der Waals surface area contributed by atoms with Gasteiger partial charge in [-0.2, -0.15) is 0 Å².